The van der Waals surface area contributed by atoms with Crippen molar-refractivity contribution in [3.8, 4) is 17.2 Å². The third kappa shape index (κ3) is 6.17. The molecule has 5 aromatic rings. The Morgan fingerprint density at radius 2 is 1.88 bits per heavy atom. The number of rotatable bonds is 11. The Balaban J connectivity index is 1.09. The number of benzene rings is 4. The smallest absolute Gasteiger partial charge is 0.254 e. The average molecular weight is 777 g/mol. The Bertz CT molecular complexity index is 2420. The number of hydrogen-bond donors (Lipinski definition) is 6. The lowest BCUT2D eigenvalue weighted by Gasteiger charge is -2.47. The lowest BCUT2D eigenvalue weighted by Crippen LogP contribution is -2.69. The first-order chi connectivity index (χ1) is 27.6. The number of aliphatic hydroxyl groups excluding tert-OH is 3. The number of phenolic OH excluding ortho intramolecular Hbond substituents is 1. The minimum Gasteiger partial charge on any atom is -0.506 e. The molecule has 2 aliphatic carbocycles. The molecule has 1 aromatic heterocycles. The van der Waals surface area contributed by atoms with Crippen LogP contribution in [0.3, 0.4) is 0 Å². The van der Waals surface area contributed by atoms with Crippen molar-refractivity contribution in [2.45, 2.75) is 68.5 Å². The predicted molar refractivity (Wildman–Crippen MR) is 208 cm³/mol. The summed E-state index contributed by atoms with van der Waals surface area (Å²) >= 11 is 0. The second-order valence-electron chi connectivity index (χ2n) is 15.5. The number of ketones is 1. The van der Waals surface area contributed by atoms with Crippen LogP contribution in [0.5, 0.6) is 17.2 Å². The highest BCUT2D eigenvalue weighted by molar-refractivity contribution is 6.13. The van der Waals surface area contributed by atoms with E-state index in [9.17, 15) is 35.1 Å². The first-order valence-electron chi connectivity index (χ1n) is 19.2. The quantitative estimate of drug-likeness (QED) is 0.103. The Kier molecular flexibility index (Phi) is 9.55. The maximum atomic E-state index is 14.6. The van der Waals surface area contributed by atoms with Gasteiger partial charge in [0.15, 0.2) is 11.4 Å². The highest BCUT2D eigenvalue weighted by Crippen LogP contribution is 2.53. The third-order valence-electron chi connectivity index (χ3n) is 12.2. The largest absolute Gasteiger partial charge is 0.506 e. The number of carbonyl (C=O) groups excluding carboxylic acids is 2. The zero-order valence-electron chi connectivity index (χ0n) is 31.3. The van der Waals surface area contributed by atoms with Crippen molar-refractivity contribution in [1.82, 2.24) is 9.88 Å². The average Bonchev–Trinajstić information content (AvgIpc) is 3.96. The van der Waals surface area contributed by atoms with Crippen LogP contribution in [0.25, 0.3) is 27.8 Å². The molecule has 1 saturated heterocycles. The van der Waals surface area contributed by atoms with E-state index in [0.29, 0.717) is 27.8 Å². The maximum Gasteiger partial charge on any atom is 0.254 e. The number of carbonyl (C=O) groups is 2. The number of aromatic nitrogens is 1. The molecule has 13 heteroatoms. The van der Waals surface area contributed by atoms with Crippen LogP contribution in [0.2, 0.25) is 0 Å². The summed E-state index contributed by atoms with van der Waals surface area (Å²) in [4.78, 5) is 32.6. The van der Waals surface area contributed by atoms with Crippen molar-refractivity contribution in [2.75, 3.05) is 26.9 Å². The van der Waals surface area contributed by atoms with Crippen LogP contribution < -0.4 is 9.47 Å². The van der Waals surface area contributed by atoms with E-state index >= 15 is 0 Å². The topological polar surface area (TPSA) is 191 Å². The molecule has 2 aliphatic heterocycles. The van der Waals surface area contributed by atoms with Crippen LogP contribution in [-0.2, 0) is 22.6 Å². The number of ether oxygens (including phenoxy) is 4. The summed E-state index contributed by atoms with van der Waals surface area (Å²) in [6, 6.07) is 18.1. The lowest BCUT2D eigenvalue weighted by molar-refractivity contribution is -0.329. The zero-order chi connectivity index (χ0) is 39.6. The van der Waals surface area contributed by atoms with Gasteiger partial charge in [0, 0.05) is 46.2 Å². The number of amides is 1. The summed E-state index contributed by atoms with van der Waals surface area (Å²) in [5, 5.41) is 58.4. The molecule has 296 valence electrons. The molecule has 1 saturated carbocycles. The number of H-pyrrole nitrogens is 1. The monoisotopic (exact) mass is 776 g/mol. The number of aromatic amines is 1. The minimum absolute atomic E-state index is 0.0518. The molecule has 7 atom stereocenters. The molecule has 57 heavy (non-hydrogen) atoms. The van der Waals surface area contributed by atoms with Gasteiger partial charge >= 0.3 is 0 Å². The Morgan fingerprint density at radius 1 is 1.07 bits per heavy atom. The number of aliphatic hydroxyl groups is 4. The number of hydrogen-bond acceptors (Lipinski definition) is 11. The minimum atomic E-state index is -2.53. The van der Waals surface area contributed by atoms with Gasteiger partial charge in [0.25, 0.3) is 5.91 Å². The number of allylic oxidation sites excluding steroid dienone is 1. The fourth-order valence-corrected chi connectivity index (χ4v) is 9.21. The Hall–Kier alpha value is -5.28. The second kappa shape index (κ2) is 14.6. The molecule has 13 nitrogen and oxygen atoms in total. The Labute approximate surface area is 327 Å². The predicted octanol–water partition coefficient (Wildman–Crippen LogP) is 4.55. The summed E-state index contributed by atoms with van der Waals surface area (Å²) in [6.07, 6.45) is 1.92. The molecule has 1 amide bonds. The van der Waals surface area contributed by atoms with Gasteiger partial charge in [-0.3, -0.25) is 9.59 Å². The van der Waals surface area contributed by atoms with E-state index in [1.54, 1.807) is 18.2 Å². The number of methoxy groups -OCH3 is 1. The van der Waals surface area contributed by atoms with Crippen LogP contribution >= 0.6 is 0 Å². The summed E-state index contributed by atoms with van der Waals surface area (Å²) in [6.45, 7) is -1.16. The molecule has 7 unspecified atom stereocenters. The van der Waals surface area contributed by atoms with Gasteiger partial charge in [-0.05, 0) is 59.6 Å². The van der Waals surface area contributed by atoms with E-state index in [-0.39, 0.29) is 66.5 Å². The van der Waals surface area contributed by atoms with Crippen molar-refractivity contribution >= 4 is 39.4 Å². The van der Waals surface area contributed by atoms with Crippen molar-refractivity contribution in [2.24, 2.45) is 5.92 Å². The molecule has 0 spiro atoms. The molecule has 4 aromatic carbocycles. The van der Waals surface area contributed by atoms with E-state index in [1.807, 2.05) is 48.7 Å². The summed E-state index contributed by atoms with van der Waals surface area (Å²) in [5.41, 5.74) is 2.08. The lowest BCUT2D eigenvalue weighted by atomic mass is 9.76. The van der Waals surface area contributed by atoms with Gasteiger partial charge in [0.05, 0.1) is 44.4 Å². The maximum absolute atomic E-state index is 14.6. The van der Waals surface area contributed by atoms with Gasteiger partial charge in [-0.2, -0.15) is 0 Å². The fraction of sp³-hybridized carbons (Fsp3) is 0.364. The molecular formula is C44H44N2O11. The Morgan fingerprint density at radius 3 is 2.68 bits per heavy atom. The number of aromatic hydroxyl groups is 1. The highest BCUT2D eigenvalue weighted by atomic mass is 16.7. The first kappa shape index (κ1) is 37.3. The SMILES string of the molecule is COc1cc(OC2OC(COCc3c[nH]c4ccccc34)C(O)C(O)C2(O)CO)c2c(O)c(C(=O)CN3Cc4ccccc4C3=O)c3c(c2c1)C=CC1CCCC31. The van der Waals surface area contributed by atoms with Crippen molar-refractivity contribution in [1.29, 1.82) is 0 Å². The number of nitrogens with zero attached hydrogens (tertiary/aromatic N) is 1. The van der Waals surface area contributed by atoms with E-state index < -0.39 is 42.6 Å². The summed E-state index contributed by atoms with van der Waals surface area (Å²) in [5.74, 6) is -0.728. The standard InChI is InChI=1S/C44H44N2O11/c1-54-26-15-31-30-14-13-23-8-6-11-28(23)36(30)38(33(48)19-46-18-24-7-2-3-10-29(24)42(46)52)40(50)37(31)34(16-26)56-43-44(53,22-47)41(51)39(49)35(57-43)21-55-20-25-17-45-32-12-5-4-9-27(25)32/h2-5,7,9-10,12-17,23,28,35,39,41,43,45,47,49-51,53H,6,8,11,18-22H2,1H3. The number of para-hydroxylation sites is 1. The van der Waals surface area contributed by atoms with Crippen LogP contribution in [0, 0.1) is 5.92 Å². The van der Waals surface area contributed by atoms with Gasteiger partial charge in [0.2, 0.25) is 6.29 Å². The van der Waals surface area contributed by atoms with Gasteiger partial charge in [-0.25, -0.2) is 0 Å². The van der Waals surface area contributed by atoms with Crippen LogP contribution in [0.1, 0.15) is 68.2 Å². The molecule has 2 fully saturated rings. The number of nitrogens with one attached hydrogen (secondary N) is 1. The zero-order valence-corrected chi connectivity index (χ0v) is 31.3. The molecule has 9 rings (SSSR count). The highest BCUT2D eigenvalue weighted by Gasteiger charge is 2.56. The van der Waals surface area contributed by atoms with E-state index in [4.69, 9.17) is 18.9 Å². The van der Waals surface area contributed by atoms with Crippen molar-refractivity contribution in [3.63, 3.8) is 0 Å². The molecule has 0 radical (unpaired) electrons. The summed E-state index contributed by atoms with van der Waals surface area (Å²) < 4.78 is 24.1. The fourth-order valence-electron chi connectivity index (χ4n) is 9.21. The third-order valence-corrected chi connectivity index (χ3v) is 12.2. The van der Waals surface area contributed by atoms with Gasteiger partial charge in [0.1, 0.15) is 35.6 Å². The normalized spacial score (nSPS) is 26.5. The van der Waals surface area contributed by atoms with Crippen molar-refractivity contribution < 1.29 is 54.1 Å². The van der Waals surface area contributed by atoms with Gasteiger partial charge in [-0.1, -0.05) is 55.0 Å². The van der Waals surface area contributed by atoms with Crippen LogP contribution in [0.15, 0.2) is 72.9 Å². The summed E-state index contributed by atoms with van der Waals surface area (Å²) in [7, 11) is 1.46. The number of fused-ring (bicyclic) bond motifs is 7. The number of Topliss-reactive ketones (excluding diaryl/α,β-unsaturated/α-hetero) is 1. The number of phenols is 1. The van der Waals surface area contributed by atoms with E-state index in [1.165, 1.54) is 18.1 Å². The second-order valence-corrected chi connectivity index (χ2v) is 15.5. The molecule has 4 aliphatic rings. The van der Waals surface area contributed by atoms with Crippen LogP contribution in [0.4, 0.5) is 0 Å². The van der Waals surface area contributed by atoms with Gasteiger partial charge in [-0.15, -0.1) is 0 Å². The van der Waals surface area contributed by atoms with E-state index in [0.717, 1.165) is 41.3 Å². The first-order valence-corrected chi connectivity index (χ1v) is 19.2. The molecule has 6 N–H and O–H groups in total. The van der Waals surface area contributed by atoms with Crippen LogP contribution in [-0.4, -0.2) is 104 Å². The van der Waals surface area contributed by atoms with Crippen molar-refractivity contribution in [3.05, 3.63) is 106 Å². The molecule has 0 bridgehead atoms. The molecular weight excluding hydrogens is 732 g/mol. The van der Waals surface area contributed by atoms with E-state index in [2.05, 4.69) is 11.1 Å². The molecule has 3 heterocycles. The van der Waals surface area contributed by atoms with Gasteiger partial charge < -0.3 is 54.4 Å².